The predicted octanol–water partition coefficient (Wildman–Crippen LogP) is 1.34. The fourth-order valence-electron chi connectivity index (χ4n) is 1.72. The van der Waals surface area contributed by atoms with E-state index in [0.717, 1.165) is 17.7 Å². The first-order valence-corrected chi connectivity index (χ1v) is 5.61. The molecule has 1 aromatic heterocycles. The van der Waals surface area contributed by atoms with Crippen molar-refractivity contribution in [3.63, 3.8) is 0 Å². The van der Waals surface area contributed by atoms with Crippen LogP contribution in [0.5, 0.6) is 0 Å². The first kappa shape index (κ1) is 11.5. The zero-order valence-electron chi connectivity index (χ0n) is 10.1. The molecule has 0 N–H and O–H groups in total. The van der Waals surface area contributed by atoms with Gasteiger partial charge in [-0.3, -0.25) is 0 Å². The second kappa shape index (κ2) is 4.45. The normalized spacial score (nSPS) is 12.0. The van der Waals surface area contributed by atoms with Gasteiger partial charge in [-0.2, -0.15) is 0 Å². The van der Waals surface area contributed by atoms with E-state index < -0.39 is 5.76 Å². The quantitative estimate of drug-likeness (QED) is 0.779. The van der Waals surface area contributed by atoms with Crippen LogP contribution in [-0.2, 0) is 0 Å². The fourth-order valence-corrected chi connectivity index (χ4v) is 1.72. The molecule has 0 aliphatic rings. The van der Waals surface area contributed by atoms with Gasteiger partial charge in [0.25, 0.3) is 0 Å². The maximum Gasteiger partial charge on any atom is 0.424 e. The summed E-state index contributed by atoms with van der Waals surface area (Å²) in [6.07, 6.45) is 2.66. The maximum absolute atomic E-state index is 11.8. The smallest absolute Gasteiger partial charge is 0.408 e. The molecule has 88 valence electrons. The second-order valence-electron chi connectivity index (χ2n) is 3.96. The van der Waals surface area contributed by atoms with Gasteiger partial charge in [0.15, 0.2) is 5.42 Å². The summed E-state index contributed by atoms with van der Waals surface area (Å²) in [6, 6.07) is 7.68. The maximum atomic E-state index is 11.8. The van der Waals surface area contributed by atoms with Crippen LogP contribution in [0, 0.1) is 6.92 Å². The summed E-state index contributed by atoms with van der Waals surface area (Å²) in [5.74, 6) is -0.390. The first-order valence-electron chi connectivity index (χ1n) is 5.61. The van der Waals surface area contributed by atoms with Gasteiger partial charge in [0.1, 0.15) is 0 Å². The van der Waals surface area contributed by atoms with Crippen LogP contribution in [0.3, 0.4) is 0 Å². The van der Waals surface area contributed by atoms with Crippen molar-refractivity contribution in [2.24, 2.45) is 0 Å². The summed E-state index contributed by atoms with van der Waals surface area (Å²) in [4.78, 5) is 11.8. The lowest BCUT2D eigenvalue weighted by atomic mass is 10.2. The molecule has 0 spiro atoms. The van der Waals surface area contributed by atoms with E-state index in [2.05, 4.69) is 6.58 Å². The summed E-state index contributed by atoms with van der Waals surface area (Å²) < 4.78 is 6.65. The van der Waals surface area contributed by atoms with E-state index in [4.69, 9.17) is 4.42 Å². The minimum atomic E-state index is -0.390. The Balaban J connectivity index is 2.69. The van der Waals surface area contributed by atoms with Gasteiger partial charge < -0.3 is 4.42 Å². The number of oxazole rings is 1. The molecule has 3 heteroatoms. The number of rotatable bonds is 2. The Hall–Kier alpha value is -2.03. The Labute approximate surface area is 99.3 Å². The lowest BCUT2D eigenvalue weighted by Crippen LogP contribution is -2.29. The molecule has 0 unspecified atom stereocenters. The molecule has 0 saturated carbocycles. The van der Waals surface area contributed by atoms with Crippen LogP contribution in [0.1, 0.15) is 18.9 Å². The molecule has 0 saturated heterocycles. The van der Waals surface area contributed by atoms with Crippen LogP contribution >= 0.6 is 0 Å². The Morgan fingerprint density at radius 2 is 2.00 bits per heavy atom. The molecular formula is C14H15NO2. The lowest BCUT2D eigenvalue weighted by Gasteiger charge is -2.00. The second-order valence-corrected chi connectivity index (χ2v) is 3.96. The molecule has 0 fully saturated rings. The molecular weight excluding hydrogens is 214 g/mol. The zero-order chi connectivity index (χ0) is 12.4. The highest BCUT2D eigenvalue weighted by Gasteiger charge is 2.05. The topological polar surface area (TPSA) is 35.1 Å². The molecule has 1 aromatic carbocycles. The number of aryl methyl sites for hydroxylation is 1. The third-order valence-electron chi connectivity index (χ3n) is 2.62. The van der Waals surface area contributed by atoms with Crippen molar-refractivity contribution in [1.82, 2.24) is 4.57 Å². The number of hydrogen-bond donors (Lipinski definition) is 0. The Bertz CT molecular complexity index is 674. The molecule has 0 radical (unpaired) electrons. The monoisotopic (exact) mass is 229 g/mol. The van der Waals surface area contributed by atoms with Gasteiger partial charge in [-0.15, -0.1) is 0 Å². The average molecular weight is 229 g/mol. The first-order chi connectivity index (χ1) is 8.13. The Kier molecular flexibility index (Phi) is 3.00. The van der Waals surface area contributed by atoms with Crippen molar-refractivity contribution in [2.75, 3.05) is 0 Å². The molecule has 1 heterocycles. The zero-order valence-corrected chi connectivity index (χ0v) is 10.1. The van der Waals surface area contributed by atoms with E-state index in [1.54, 1.807) is 0 Å². The number of hydrogen-bond acceptors (Lipinski definition) is 2. The molecule has 3 nitrogen and oxygen atoms in total. The number of nitrogens with zero attached hydrogens (tertiary/aromatic N) is 1. The van der Waals surface area contributed by atoms with Crippen LogP contribution in [0.15, 0.2) is 33.5 Å². The molecule has 0 aliphatic heterocycles. The van der Waals surface area contributed by atoms with E-state index in [1.165, 1.54) is 4.57 Å². The predicted molar refractivity (Wildman–Crippen MR) is 68.6 cm³/mol. The van der Waals surface area contributed by atoms with E-state index >= 15 is 0 Å². The van der Waals surface area contributed by atoms with Gasteiger partial charge in [0.05, 0.1) is 11.0 Å². The summed E-state index contributed by atoms with van der Waals surface area (Å²) in [5, 5.41) is 0.598. The molecule has 2 rings (SSSR count). The van der Waals surface area contributed by atoms with Gasteiger partial charge in [-0.25, -0.2) is 9.36 Å². The number of benzene rings is 1. The molecule has 0 amide bonds. The van der Waals surface area contributed by atoms with Crippen molar-refractivity contribution in [1.29, 1.82) is 0 Å². The largest absolute Gasteiger partial charge is 0.424 e. The SMILES string of the molecule is C=c1/c(=C/CC)oc(=O)n1-c1ccc(C)cc1. The Morgan fingerprint density at radius 1 is 1.35 bits per heavy atom. The fraction of sp³-hybridized carbons (Fsp3) is 0.214. The van der Waals surface area contributed by atoms with E-state index in [-0.39, 0.29) is 0 Å². The lowest BCUT2D eigenvalue weighted by molar-refractivity contribution is 0.476. The molecule has 0 atom stereocenters. The standard InChI is InChI=1S/C14H15NO2/c1-4-5-13-11(3)15(14(16)17-13)12-8-6-10(2)7-9-12/h5-9H,3-4H2,1-2H3/b13-5-. The van der Waals surface area contributed by atoms with Gasteiger partial charge in [-0.05, 0) is 31.6 Å². The van der Waals surface area contributed by atoms with E-state index in [1.807, 2.05) is 44.2 Å². The van der Waals surface area contributed by atoms with Crippen molar-refractivity contribution in [2.45, 2.75) is 20.3 Å². The Morgan fingerprint density at radius 3 is 2.59 bits per heavy atom. The number of aromatic nitrogens is 1. The molecule has 2 aromatic rings. The third kappa shape index (κ3) is 2.09. The van der Waals surface area contributed by atoms with Gasteiger partial charge in [-0.1, -0.05) is 31.2 Å². The minimum absolute atomic E-state index is 0.390. The van der Waals surface area contributed by atoms with Crippen molar-refractivity contribution in [3.8, 4) is 5.69 Å². The van der Waals surface area contributed by atoms with Crippen LogP contribution in [0.25, 0.3) is 18.3 Å². The van der Waals surface area contributed by atoms with Crippen LogP contribution in [0.2, 0.25) is 0 Å². The summed E-state index contributed by atoms with van der Waals surface area (Å²) >= 11 is 0. The summed E-state index contributed by atoms with van der Waals surface area (Å²) in [6.45, 7) is 7.89. The van der Waals surface area contributed by atoms with Crippen LogP contribution in [-0.4, -0.2) is 4.57 Å². The highest BCUT2D eigenvalue weighted by atomic mass is 16.4. The average Bonchev–Trinajstić information content (AvgIpc) is 2.57. The van der Waals surface area contributed by atoms with Crippen molar-refractivity contribution < 1.29 is 4.42 Å². The molecule has 0 bridgehead atoms. The minimum Gasteiger partial charge on any atom is -0.408 e. The summed E-state index contributed by atoms with van der Waals surface area (Å²) in [5.41, 5.74) is 2.49. The van der Waals surface area contributed by atoms with Crippen molar-refractivity contribution in [3.05, 3.63) is 51.1 Å². The van der Waals surface area contributed by atoms with Gasteiger partial charge >= 0.3 is 5.76 Å². The summed E-state index contributed by atoms with van der Waals surface area (Å²) in [7, 11) is 0. The van der Waals surface area contributed by atoms with Gasteiger partial charge in [0, 0.05) is 0 Å². The van der Waals surface area contributed by atoms with Crippen LogP contribution in [0.4, 0.5) is 0 Å². The molecule has 17 heavy (non-hydrogen) atoms. The third-order valence-corrected chi connectivity index (χ3v) is 2.62. The molecule has 0 aliphatic carbocycles. The van der Waals surface area contributed by atoms with Gasteiger partial charge in [0.2, 0.25) is 0 Å². The van der Waals surface area contributed by atoms with E-state index in [9.17, 15) is 4.79 Å². The van der Waals surface area contributed by atoms with Crippen LogP contribution < -0.4 is 16.5 Å². The highest BCUT2D eigenvalue weighted by molar-refractivity contribution is 5.35. The highest BCUT2D eigenvalue weighted by Crippen LogP contribution is 2.04. The van der Waals surface area contributed by atoms with Crippen molar-refractivity contribution >= 4 is 12.7 Å². The van der Waals surface area contributed by atoms with E-state index in [0.29, 0.717) is 10.8 Å².